The number of carbonyl (C=O) groups excluding carboxylic acids is 3. The Bertz CT molecular complexity index is 1600. The topological polar surface area (TPSA) is 101 Å². The summed E-state index contributed by atoms with van der Waals surface area (Å²) >= 11 is 12.5. The van der Waals surface area contributed by atoms with Gasteiger partial charge in [-0.2, -0.15) is 0 Å². The maximum atomic E-state index is 14.6. The molecule has 0 spiro atoms. The van der Waals surface area contributed by atoms with E-state index in [9.17, 15) is 14.4 Å². The highest BCUT2D eigenvalue weighted by molar-refractivity contribution is 6.30. The van der Waals surface area contributed by atoms with Crippen molar-refractivity contribution in [3.8, 4) is 11.5 Å². The summed E-state index contributed by atoms with van der Waals surface area (Å²) in [6.45, 7) is 3.82. The van der Waals surface area contributed by atoms with Gasteiger partial charge in [-0.3, -0.25) is 19.5 Å². The molecule has 2 aliphatic rings. The van der Waals surface area contributed by atoms with Gasteiger partial charge in [-0.25, -0.2) is 4.79 Å². The van der Waals surface area contributed by atoms with Gasteiger partial charge in [-0.05, 0) is 61.4 Å². The zero-order valence-electron chi connectivity index (χ0n) is 25.4. The Morgan fingerprint density at radius 2 is 1.58 bits per heavy atom. The molecule has 0 radical (unpaired) electrons. The number of methoxy groups -OCH3 is 2. The average molecular weight is 654 g/mol. The molecule has 0 saturated carbocycles. The first-order valence-corrected chi connectivity index (χ1v) is 15.2. The van der Waals surface area contributed by atoms with Gasteiger partial charge in [0.25, 0.3) is 0 Å². The molecule has 12 heteroatoms. The number of carbonyl (C=O) groups is 3. The normalized spacial score (nSPS) is 18.2. The molecular formula is C33H34Cl2N4O6. The SMILES string of the molecule is COC(=O)CN1CCN(C(=O)N2C(c3ccc(OC)cc3OC(C)C)=N[C@H](c3ccc(Cl)cc3)[C@@H]2c2ccc(Cl)cc2)CC1=O. The van der Waals surface area contributed by atoms with E-state index in [1.54, 1.807) is 48.4 Å². The molecule has 0 N–H and O–H groups in total. The van der Waals surface area contributed by atoms with E-state index >= 15 is 0 Å². The number of benzene rings is 3. The van der Waals surface area contributed by atoms with Gasteiger partial charge in [0, 0.05) is 29.2 Å². The third-order valence-corrected chi connectivity index (χ3v) is 8.13. The van der Waals surface area contributed by atoms with Gasteiger partial charge in [0.15, 0.2) is 0 Å². The number of urea groups is 1. The van der Waals surface area contributed by atoms with Crippen LogP contribution in [0.3, 0.4) is 0 Å². The van der Waals surface area contributed by atoms with Crippen LogP contribution in [0.4, 0.5) is 4.79 Å². The van der Waals surface area contributed by atoms with Crippen LogP contribution < -0.4 is 9.47 Å². The van der Waals surface area contributed by atoms with Crippen molar-refractivity contribution in [1.82, 2.24) is 14.7 Å². The molecule has 3 aromatic rings. The van der Waals surface area contributed by atoms with Gasteiger partial charge in [0.2, 0.25) is 5.91 Å². The number of halogens is 2. The van der Waals surface area contributed by atoms with Crippen LogP contribution >= 0.6 is 23.2 Å². The van der Waals surface area contributed by atoms with E-state index in [0.717, 1.165) is 11.1 Å². The number of ether oxygens (including phenoxy) is 3. The third-order valence-electron chi connectivity index (χ3n) is 7.63. The number of hydrogen-bond donors (Lipinski definition) is 0. The minimum absolute atomic E-state index is 0.177. The maximum Gasteiger partial charge on any atom is 0.326 e. The summed E-state index contributed by atoms with van der Waals surface area (Å²) in [6, 6.07) is 18.4. The molecular weight excluding hydrogens is 619 g/mol. The largest absolute Gasteiger partial charge is 0.497 e. The molecule has 0 aliphatic carbocycles. The lowest BCUT2D eigenvalue weighted by molar-refractivity contribution is -0.148. The molecule has 2 heterocycles. The number of piperazine rings is 1. The van der Waals surface area contributed by atoms with Crippen LogP contribution in [0.2, 0.25) is 10.0 Å². The van der Waals surface area contributed by atoms with Crippen molar-refractivity contribution < 1.29 is 28.6 Å². The minimum atomic E-state index is -0.608. The number of nitrogens with zero attached hydrogens (tertiary/aromatic N) is 4. The number of hydrogen-bond acceptors (Lipinski definition) is 7. The zero-order valence-corrected chi connectivity index (χ0v) is 26.9. The Labute approximate surface area is 272 Å². The highest BCUT2D eigenvalue weighted by Gasteiger charge is 2.45. The van der Waals surface area contributed by atoms with Crippen molar-refractivity contribution in [1.29, 1.82) is 0 Å². The lowest BCUT2D eigenvalue weighted by Gasteiger charge is -2.38. The molecule has 1 saturated heterocycles. The van der Waals surface area contributed by atoms with Crippen LogP contribution in [-0.2, 0) is 14.3 Å². The number of aliphatic imine (C=N–C) groups is 1. The Hall–Kier alpha value is -4.28. The second kappa shape index (κ2) is 13.8. The summed E-state index contributed by atoms with van der Waals surface area (Å²) in [7, 11) is 2.84. The Balaban J connectivity index is 1.63. The zero-order chi connectivity index (χ0) is 32.2. The molecule has 5 rings (SSSR count). The second-order valence-electron chi connectivity index (χ2n) is 10.9. The summed E-state index contributed by atoms with van der Waals surface area (Å²) < 4.78 is 16.4. The lowest BCUT2D eigenvalue weighted by Crippen LogP contribution is -2.57. The van der Waals surface area contributed by atoms with Crippen molar-refractivity contribution in [2.45, 2.75) is 32.0 Å². The summed E-state index contributed by atoms with van der Waals surface area (Å²) in [6.07, 6.45) is -0.179. The molecule has 45 heavy (non-hydrogen) atoms. The molecule has 2 atom stereocenters. The quantitative estimate of drug-likeness (QED) is 0.286. The van der Waals surface area contributed by atoms with E-state index < -0.39 is 24.1 Å². The highest BCUT2D eigenvalue weighted by atomic mass is 35.5. The fourth-order valence-corrected chi connectivity index (χ4v) is 5.68. The monoisotopic (exact) mass is 652 g/mol. The number of rotatable bonds is 8. The van der Waals surface area contributed by atoms with Crippen molar-refractivity contribution in [2.24, 2.45) is 4.99 Å². The fourth-order valence-electron chi connectivity index (χ4n) is 5.43. The Morgan fingerprint density at radius 3 is 2.16 bits per heavy atom. The van der Waals surface area contributed by atoms with E-state index in [0.29, 0.717) is 32.9 Å². The van der Waals surface area contributed by atoms with Crippen LogP contribution in [0.1, 0.15) is 42.6 Å². The van der Waals surface area contributed by atoms with E-state index in [2.05, 4.69) is 0 Å². The molecule has 1 fully saturated rings. The molecule has 0 aromatic heterocycles. The van der Waals surface area contributed by atoms with Crippen LogP contribution in [-0.4, -0.2) is 84.9 Å². The molecule has 2 aliphatic heterocycles. The van der Waals surface area contributed by atoms with E-state index in [-0.39, 0.29) is 38.2 Å². The average Bonchev–Trinajstić information content (AvgIpc) is 3.42. The van der Waals surface area contributed by atoms with Crippen LogP contribution in [0.15, 0.2) is 71.7 Å². The lowest BCUT2D eigenvalue weighted by atomic mass is 9.93. The predicted octanol–water partition coefficient (Wildman–Crippen LogP) is 5.77. The first-order valence-electron chi connectivity index (χ1n) is 14.5. The van der Waals surface area contributed by atoms with Crippen molar-refractivity contribution in [2.75, 3.05) is 40.4 Å². The molecule has 0 bridgehead atoms. The summed E-state index contributed by atoms with van der Waals surface area (Å²) in [5, 5.41) is 1.12. The van der Waals surface area contributed by atoms with Crippen LogP contribution in [0.5, 0.6) is 11.5 Å². The third kappa shape index (κ3) is 7.02. The van der Waals surface area contributed by atoms with Crippen molar-refractivity contribution in [3.05, 3.63) is 93.5 Å². The first kappa shape index (κ1) is 32.1. The van der Waals surface area contributed by atoms with Gasteiger partial charge < -0.3 is 24.0 Å². The molecule has 236 valence electrons. The van der Waals surface area contributed by atoms with Crippen molar-refractivity contribution >= 4 is 46.9 Å². The van der Waals surface area contributed by atoms with Gasteiger partial charge in [0.1, 0.15) is 36.5 Å². The number of amidine groups is 1. The van der Waals surface area contributed by atoms with E-state index in [1.165, 1.54) is 16.9 Å². The number of amides is 3. The van der Waals surface area contributed by atoms with Gasteiger partial charge in [-0.1, -0.05) is 47.5 Å². The summed E-state index contributed by atoms with van der Waals surface area (Å²) in [5.41, 5.74) is 2.22. The van der Waals surface area contributed by atoms with E-state index in [4.69, 9.17) is 42.4 Å². The van der Waals surface area contributed by atoms with Crippen LogP contribution in [0.25, 0.3) is 0 Å². The predicted molar refractivity (Wildman–Crippen MR) is 171 cm³/mol. The molecule has 0 unspecified atom stereocenters. The minimum Gasteiger partial charge on any atom is -0.497 e. The highest BCUT2D eigenvalue weighted by Crippen LogP contribution is 2.46. The smallest absolute Gasteiger partial charge is 0.326 e. The van der Waals surface area contributed by atoms with Crippen LogP contribution in [0, 0.1) is 0 Å². The first-order chi connectivity index (χ1) is 21.6. The Kier molecular flexibility index (Phi) is 9.84. The molecule has 10 nitrogen and oxygen atoms in total. The number of esters is 1. The Morgan fingerprint density at radius 1 is 0.933 bits per heavy atom. The molecule has 3 aromatic carbocycles. The standard InChI is InChI=1S/C33H34Cl2N4O6/c1-20(2)45-27-17-25(43-3)13-14-26(27)32-36-30(21-5-9-23(34)10-6-21)31(22-7-11-24(35)12-8-22)39(32)33(42)38-16-15-37(28(40)18-38)19-29(41)44-4/h5-14,17,20,30-31H,15-16,18-19H2,1-4H3/t30-,31+/m1/s1. The van der Waals surface area contributed by atoms with Gasteiger partial charge in [-0.15, -0.1) is 0 Å². The van der Waals surface area contributed by atoms with Gasteiger partial charge in [0.05, 0.1) is 31.9 Å². The fraction of sp³-hybridized carbons (Fsp3) is 0.333. The summed E-state index contributed by atoms with van der Waals surface area (Å²) in [5.74, 6) is 0.571. The van der Waals surface area contributed by atoms with E-state index in [1.807, 2.05) is 44.2 Å². The summed E-state index contributed by atoms with van der Waals surface area (Å²) in [4.78, 5) is 49.3. The van der Waals surface area contributed by atoms with Gasteiger partial charge >= 0.3 is 12.0 Å². The van der Waals surface area contributed by atoms with Crippen molar-refractivity contribution in [3.63, 3.8) is 0 Å². The maximum absolute atomic E-state index is 14.6. The molecule has 3 amide bonds. The second-order valence-corrected chi connectivity index (χ2v) is 11.8.